The Bertz CT molecular complexity index is 1200. The fourth-order valence-corrected chi connectivity index (χ4v) is 4.66. The lowest BCUT2D eigenvalue weighted by atomic mass is 9.90. The van der Waals surface area contributed by atoms with Gasteiger partial charge in [0.05, 0.1) is 6.04 Å². The van der Waals surface area contributed by atoms with Crippen molar-refractivity contribution in [2.24, 2.45) is 0 Å². The third kappa shape index (κ3) is 3.75. The standard InChI is InChI=1S/C27H27N3O/c1-19(27(31)30-16-15-21-11-5-8-14-26(21)30)28-17-23(20-9-3-2-4-10-20)24-18-29-25-13-7-6-12-22(24)25/h2-14,18-19,23,28-29H,15-17H2,1H3. The molecule has 4 nitrogen and oxygen atoms in total. The lowest BCUT2D eigenvalue weighted by Crippen LogP contribution is -2.45. The summed E-state index contributed by atoms with van der Waals surface area (Å²) < 4.78 is 0. The number of benzene rings is 3. The van der Waals surface area contributed by atoms with E-state index in [1.807, 2.05) is 42.2 Å². The second-order valence-electron chi connectivity index (χ2n) is 8.25. The summed E-state index contributed by atoms with van der Waals surface area (Å²) in [5, 5.41) is 4.76. The van der Waals surface area contributed by atoms with Gasteiger partial charge in [-0.1, -0.05) is 66.7 Å². The fourth-order valence-electron chi connectivity index (χ4n) is 4.66. The van der Waals surface area contributed by atoms with Gasteiger partial charge in [-0.25, -0.2) is 0 Å². The minimum atomic E-state index is -0.262. The normalized spacial score (nSPS) is 15.1. The van der Waals surface area contributed by atoms with Gasteiger partial charge in [0.2, 0.25) is 5.91 Å². The number of para-hydroxylation sites is 2. The molecule has 3 aromatic carbocycles. The van der Waals surface area contributed by atoms with Crippen molar-refractivity contribution in [3.8, 4) is 0 Å². The van der Waals surface area contributed by atoms with Gasteiger partial charge < -0.3 is 15.2 Å². The van der Waals surface area contributed by atoms with E-state index in [4.69, 9.17) is 0 Å². The van der Waals surface area contributed by atoms with Crippen LogP contribution in [0.4, 0.5) is 5.69 Å². The van der Waals surface area contributed by atoms with E-state index in [2.05, 4.69) is 65.0 Å². The summed E-state index contributed by atoms with van der Waals surface area (Å²) >= 11 is 0. The number of amides is 1. The number of aromatic nitrogens is 1. The Balaban J connectivity index is 1.37. The average molecular weight is 410 g/mol. The molecule has 0 saturated carbocycles. The van der Waals surface area contributed by atoms with Gasteiger partial charge >= 0.3 is 0 Å². The van der Waals surface area contributed by atoms with Crippen LogP contribution in [-0.2, 0) is 11.2 Å². The SMILES string of the molecule is CC(NCC(c1ccccc1)c1c[nH]c2ccccc12)C(=O)N1CCc2ccccc21. The first-order chi connectivity index (χ1) is 15.2. The van der Waals surface area contributed by atoms with Crippen LogP contribution in [0.2, 0.25) is 0 Å². The number of nitrogens with zero attached hydrogens (tertiary/aromatic N) is 1. The Morgan fingerprint density at radius 3 is 2.61 bits per heavy atom. The van der Waals surface area contributed by atoms with Crippen LogP contribution >= 0.6 is 0 Å². The molecule has 1 aromatic heterocycles. The number of hydrogen-bond acceptors (Lipinski definition) is 2. The summed E-state index contributed by atoms with van der Waals surface area (Å²) in [6.07, 6.45) is 3.03. The minimum Gasteiger partial charge on any atom is -0.361 e. The summed E-state index contributed by atoms with van der Waals surface area (Å²) in [5.41, 5.74) is 5.93. The predicted octanol–water partition coefficient (Wildman–Crippen LogP) is 4.87. The molecule has 2 unspecified atom stereocenters. The number of anilines is 1. The molecule has 4 heteroatoms. The highest BCUT2D eigenvalue weighted by atomic mass is 16.2. The van der Waals surface area contributed by atoms with Crippen molar-refractivity contribution in [3.63, 3.8) is 0 Å². The van der Waals surface area contributed by atoms with Gasteiger partial charge in [-0.15, -0.1) is 0 Å². The molecule has 31 heavy (non-hydrogen) atoms. The lowest BCUT2D eigenvalue weighted by Gasteiger charge is -2.25. The first-order valence-corrected chi connectivity index (χ1v) is 11.0. The number of H-pyrrole nitrogens is 1. The lowest BCUT2D eigenvalue weighted by molar-refractivity contribution is -0.120. The number of aromatic amines is 1. The van der Waals surface area contributed by atoms with E-state index in [9.17, 15) is 4.79 Å². The fraction of sp³-hybridized carbons (Fsp3) is 0.222. The molecule has 4 aromatic rings. The summed E-state index contributed by atoms with van der Waals surface area (Å²) in [7, 11) is 0. The molecule has 5 rings (SSSR count). The molecule has 156 valence electrons. The number of hydrogen-bond donors (Lipinski definition) is 2. The molecule has 0 aliphatic carbocycles. The molecule has 2 atom stereocenters. The van der Waals surface area contributed by atoms with Crippen LogP contribution in [0.15, 0.2) is 85.1 Å². The number of carbonyl (C=O) groups is 1. The monoisotopic (exact) mass is 409 g/mol. The van der Waals surface area contributed by atoms with E-state index < -0.39 is 0 Å². The predicted molar refractivity (Wildman–Crippen MR) is 127 cm³/mol. The zero-order valence-corrected chi connectivity index (χ0v) is 17.7. The van der Waals surface area contributed by atoms with Crippen molar-refractivity contribution in [2.45, 2.75) is 25.3 Å². The Morgan fingerprint density at radius 2 is 1.74 bits per heavy atom. The highest BCUT2D eigenvalue weighted by molar-refractivity contribution is 5.98. The van der Waals surface area contributed by atoms with Crippen LogP contribution < -0.4 is 10.2 Å². The molecule has 0 fully saturated rings. The quantitative estimate of drug-likeness (QED) is 0.477. The molecule has 1 aliphatic heterocycles. The molecule has 1 aliphatic rings. The Labute approximate surface area is 182 Å². The largest absolute Gasteiger partial charge is 0.361 e. The smallest absolute Gasteiger partial charge is 0.243 e. The van der Waals surface area contributed by atoms with Gasteiger partial charge in [0.1, 0.15) is 0 Å². The van der Waals surface area contributed by atoms with Crippen molar-refractivity contribution in [2.75, 3.05) is 18.0 Å². The van der Waals surface area contributed by atoms with Gasteiger partial charge in [0.15, 0.2) is 0 Å². The maximum atomic E-state index is 13.2. The minimum absolute atomic E-state index is 0.135. The Hall–Kier alpha value is -3.37. The first-order valence-electron chi connectivity index (χ1n) is 11.0. The molecule has 2 heterocycles. The van der Waals surface area contributed by atoms with Crippen LogP contribution in [0.1, 0.15) is 29.5 Å². The van der Waals surface area contributed by atoms with Crippen LogP contribution in [0.25, 0.3) is 10.9 Å². The molecule has 0 bridgehead atoms. The van der Waals surface area contributed by atoms with Crippen molar-refractivity contribution < 1.29 is 4.79 Å². The van der Waals surface area contributed by atoms with Crippen molar-refractivity contribution >= 4 is 22.5 Å². The van der Waals surface area contributed by atoms with Gasteiger partial charge in [0, 0.05) is 41.8 Å². The third-order valence-corrected chi connectivity index (χ3v) is 6.35. The van der Waals surface area contributed by atoms with Crippen LogP contribution in [0, 0.1) is 0 Å². The maximum Gasteiger partial charge on any atom is 0.243 e. The number of carbonyl (C=O) groups excluding carboxylic acids is 1. The molecule has 1 amide bonds. The summed E-state index contributed by atoms with van der Waals surface area (Å²) in [6, 6.07) is 26.9. The Morgan fingerprint density at radius 1 is 1.00 bits per heavy atom. The van der Waals surface area contributed by atoms with Gasteiger partial charge in [-0.2, -0.15) is 0 Å². The number of fused-ring (bicyclic) bond motifs is 2. The highest BCUT2D eigenvalue weighted by Gasteiger charge is 2.28. The topological polar surface area (TPSA) is 48.1 Å². The molecule has 2 N–H and O–H groups in total. The third-order valence-electron chi connectivity index (χ3n) is 6.35. The van der Waals surface area contributed by atoms with E-state index in [-0.39, 0.29) is 17.9 Å². The van der Waals surface area contributed by atoms with Crippen LogP contribution in [0.5, 0.6) is 0 Å². The van der Waals surface area contributed by atoms with Gasteiger partial charge in [0.25, 0.3) is 0 Å². The zero-order chi connectivity index (χ0) is 21.2. The van der Waals surface area contributed by atoms with E-state index in [1.165, 1.54) is 22.1 Å². The number of nitrogens with one attached hydrogen (secondary N) is 2. The summed E-state index contributed by atoms with van der Waals surface area (Å²) in [6.45, 7) is 3.42. The van der Waals surface area contributed by atoms with Gasteiger partial charge in [-0.3, -0.25) is 4.79 Å². The second kappa shape index (κ2) is 8.40. The number of rotatable bonds is 6. The van der Waals surface area contributed by atoms with Gasteiger partial charge in [-0.05, 0) is 42.2 Å². The molecule has 0 radical (unpaired) electrons. The zero-order valence-electron chi connectivity index (χ0n) is 17.7. The van der Waals surface area contributed by atoms with Crippen molar-refractivity contribution in [3.05, 3.63) is 102 Å². The molecule has 0 saturated heterocycles. The molecule has 0 spiro atoms. The van der Waals surface area contributed by atoms with Crippen LogP contribution in [-0.4, -0.2) is 30.0 Å². The Kier molecular flexibility index (Phi) is 5.31. The average Bonchev–Trinajstić information content (AvgIpc) is 3.44. The van der Waals surface area contributed by atoms with Crippen molar-refractivity contribution in [1.82, 2.24) is 10.3 Å². The van der Waals surface area contributed by atoms with E-state index in [0.29, 0.717) is 6.54 Å². The van der Waals surface area contributed by atoms with E-state index >= 15 is 0 Å². The maximum absolute atomic E-state index is 13.2. The van der Waals surface area contributed by atoms with Crippen LogP contribution in [0.3, 0.4) is 0 Å². The second-order valence-corrected chi connectivity index (χ2v) is 8.25. The van der Waals surface area contributed by atoms with Crippen molar-refractivity contribution in [1.29, 1.82) is 0 Å². The summed E-state index contributed by atoms with van der Waals surface area (Å²) in [5.74, 6) is 0.286. The summed E-state index contributed by atoms with van der Waals surface area (Å²) in [4.78, 5) is 18.5. The van der Waals surface area contributed by atoms with E-state index in [1.54, 1.807) is 0 Å². The molecular formula is C27H27N3O. The highest BCUT2D eigenvalue weighted by Crippen LogP contribution is 2.31. The first kappa shape index (κ1) is 19.6. The molecular weight excluding hydrogens is 382 g/mol. The van der Waals surface area contributed by atoms with E-state index in [0.717, 1.165) is 24.2 Å².